The van der Waals surface area contributed by atoms with Crippen LogP contribution in [0, 0.1) is 6.92 Å². The summed E-state index contributed by atoms with van der Waals surface area (Å²) in [4.78, 5) is 0. The van der Waals surface area contributed by atoms with E-state index >= 15 is 0 Å². The highest BCUT2D eigenvalue weighted by atomic mass is 35.5. The highest BCUT2D eigenvalue weighted by Gasteiger charge is 2.19. The maximum absolute atomic E-state index is 6.30. The van der Waals surface area contributed by atoms with Crippen LogP contribution < -0.4 is 5.73 Å². The van der Waals surface area contributed by atoms with Crippen LogP contribution in [-0.2, 0) is 5.75 Å². The van der Waals surface area contributed by atoms with Gasteiger partial charge >= 0.3 is 0 Å². The van der Waals surface area contributed by atoms with Crippen molar-refractivity contribution in [2.75, 3.05) is 0 Å². The van der Waals surface area contributed by atoms with Crippen LogP contribution in [0.4, 0.5) is 0 Å². The van der Waals surface area contributed by atoms with Gasteiger partial charge in [0.05, 0.1) is 0 Å². The summed E-state index contributed by atoms with van der Waals surface area (Å²) in [5.74, 6) is 0.944. The molecule has 2 N–H and O–H groups in total. The zero-order chi connectivity index (χ0) is 14.5. The molecule has 0 bridgehead atoms. The summed E-state index contributed by atoms with van der Waals surface area (Å²) in [5, 5.41) is 1.01. The van der Waals surface area contributed by atoms with E-state index in [9.17, 15) is 0 Å². The van der Waals surface area contributed by atoms with E-state index in [-0.39, 0.29) is 11.3 Å². The lowest BCUT2D eigenvalue weighted by Crippen LogP contribution is -2.23. The third-order valence-corrected chi connectivity index (χ3v) is 5.09. The number of thioether (sulfide) groups is 1. The van der Waals surface area contributed by atoms with Gasteiger partial charge in [-0.15, -0.1) is 11.8 Å². The molecule has 2 aromatic carbocycles. The Morgan fingerprint density at radius 2 is 1.90 bits per heavy atom. The Morgan fingerprint density at radius 1 is 1.15 bits per heavy atom. The van der Waals surface area contributed by atoms with Crippen LogP contribution in [0.3, 0.4) is 0 Å². The average molecular weight is 306 g/mol. The molecule has 0 saturated carbocycles. The molecule has 2 aromatic rings. The van der Waals surface area contributed by atoms with Crippen LogP contribution in [0.2, 0.25) is 5.02 Å². The highest BCUT2D eigenvalue weighted by Crippen LogP contribution is 2.37. The molecule has 0 fully saturated rings. The third kappa shape index (κ3) is 4.02. The van der Waals surface area contributed by atoms with Crippen molar-refractivity contribution in [1.82, 2.24) is 0 Å². The van der Waals surface area contributed by atoms with Crippen molar-refractivity contribution in [2.45, 2.75) is 30.9 Å². The van der Waals surface area contributed by atoms with E-state index in [1.165, 1.54) is 11.1 Å². The van der Waals surface area contributed by atoms with Crippen molar-refractivity contribution in [3.63, 3.8) is 0 Å². The van der Waals surface area contributed by atoms with Crippen molar-refractivity contribution in [1.29, 1.82) is 0 Å². The zero-order valence-electron chi connectivity index (χ0n) is 11.8. The molecule has 0 aromatic heterocycles. The smallest absolute Gasteiger partial charge is 0.0463 e. The predicted octanol–water partition coefficient (Wildman–Crippen LogP) is 4.97. The molecule has 20 heavy (non-hydrogen) atoms. The van der Waals surface area contributed by atoms with Crippen LogP contribution in [0.25, 0.3) is 0 Å². The lowest BCUT2D eigenvalue weighted by molar-refractivity contribution is 0.721. The van der Waals surface area contributed by atoms with E-state index < -0.39 is 0 Å². The first-order valence-corrected chi connectivity index (χ1v) is 8.18. The minimum Gasteiger partial charge on any atom is -0.327 e. The predicted molar refractivity (Wildman–Crippen MR) is 90.3 cm³/mol. The van der Waals surface area contributed by atoms with Crippen LogP contribution in [0.5, 0.6) is 0 Å². The number of rotatable bonds is 5. The van der Waals surface area contributed by atoms with E-state index in [4.69, 9.17) is 17.3 Å². The van der Waals surface area contributed by atoms with Gasteiger partial charge in [0.1, 0.15) is 0 Å². The van der Waals surface area contributed by atoms with Gasteiger partial charge in [0, 0.05) is 22.1 Å². The average Bonchev–Trinajstić information content (AvgIpc) is 2.40. The fraction of sp³-hybridized carbons (Fsp3) is 0.294. The van der Waals surface area contributed by atoms with E-state index in [0.29, 0.717) is 0 Å². The van der Waals surface area contributed by atoms with E-state index in [2.05, 4.69) is 37.3 Å². The molecule has 2 rings (SSSR count). The van der Waals surface area contributed by atoms with Crippen molar-refractivity contribution < 1.29 is 0 Å². The van der Waals surface area contributed by atoms with E-state index in [1.54, 1.807) is 0 Å². The summed E-state index contributed by atoms with van der Waals surface area (Å²) in [7, 11) is 0. The van der Waals surface area contributed by atoms with Crippen molar-refractivity contribution in [3.05, 3.63) is 70.2 Å². The maximum Gasteiger partial charge on any atom is 0.0463 e. The molecular weight excluding hydrogens is 286 g/mol. The fourth-order valence-electron chi connectivity index (χ4n) is 2.22. The molecule has 0 aliphatic rings. The molecule has 2 unspecified atom stereocenters. The summed E-state index contributed by atoms with van der Waals surface area (Å²) in [6.45, 7) is 4.16. The summed E-state index contributed by atoms with van der Waals surface area (Å²) in [6.07, 6.45) is 0. The van der Waals surface area contributed by atoms with Crippen molar-refractivity contribution in [2.24, 2.45) is 5.73 Å². The summed E-state index contributed by atoms with van der Waals surface area (Å²) >= 11 is 8.15. The number of hydrogen-bond acceptors (Lipinski definition) is 2. The standard InChI is InChI=1S/C17H20ClNS/c1-12-6-5-7-14(10-12)11-20-17(13(2)19)15-8-3-4-9-16(15)18/h3-10,13,17H,11,19H2,1-2H3. The second-order valence-corrected chi connectivity index (χ2v) is 6.64. The van der Waals surface area contributed by atoms with Gasteiger partial charge in [-0.3, -0.25) is 0 Å². The Morgan fingerprint density at radius 3 is 2.55 bits per heavy atom. The summed E-state index contributed by atoms with van der Waals surface area (Å²) in [6, 6.07) is 16.6. The molecule has 0 saturated heterocycles. The number of nitrogens with two attached hydrogens (primary N) is 1. The first-order valence-electron chi connectivity index (χ1n) is 6.75. The minimum atomic E-state index is 0.0599. The van der Waals surface area contributed by atoms with Crippen LogP contribution in [0.15, 0.2) is 48.5 Å². The van der Waals surface area contributed by atoms with Crippen LogP contribution >= 0.6 is 23.4 Å². The van der Waals surface area contributed by atoms with Gasteiger partial charge in [0.2, 0.25) is 0 Å². The quantitative estimate of drug-likeness (QED) is 0.844. The lowest BCUT2D eigenvalue weighted by atomic mass is 10.1. The monoisotopic (exact) mass is 305 g/mol. The zero-order valence-corrected chi connectivity index (χ0v) is 13.4. The Hall–Kier alpha value is -0.960. The van der Waals surface area contributed by atoms with Gasteiger partial charge in [-0.1, -0.05) is 59.6 Å². The number of hydrogen-bond donors (Lipinski definition) is 1. The Balaban J connectivity index is 2.13. The molecule has 0 aliphatic heterocycles. The van der Waals surface area contributed by atoms with Crippen molar-refractivity contribution >= 4 is 23.4 Å². The number of aryl methyl sites for hydroxylation is 1. The molecule has 0 amide bonds. The van der Waals surface area contributed by atoms with Gasteiger partial charge in [-0.25, -0.2) is 0 Å². The second-order valence-electron chi connectivity index (χ2n) is 5.10. The molecule has 0 aliphatic carbocycles. The SMILES string of the molecule is Cc1cccc(CSC(c2ccccc2Cl)C(C)N)c1. The normalized spacial score (nSPS) is 14.0. The molecule has 0 spiro atoms. The summed E-state index contributed by atoms with van der Waals surface area (Å²) in [5.41, 5.74) is 9.90. The van der Waals surface area contributed by atoms with Gasteiger partial charge in [-0.05, 0) is 31.0 Å². The second kappa shape index (κ2) is 7.16. The van der Waals surface area contributed by atoms with E-state index in [1.807, 2.05) is 36.9 Å². The molecule has 106 valence electrons. The summed E-state index contributed by atoms with van der Waals surface area (Å²) < 4.78 is 0. The van der Waals surface area contributed by atoms with Gasteiger partial charge in [0.25, 0.3) is 0 Å². The number of halogens is 1. The van der Waals surface area contributed by atoms with Crippen LogP contribution in [0.1, 0.15) is 28.9 Å². The lowest BCUT2D eigenvalue weighted by Gasteiger charge is -2.22. The third-order valence-electron chi connectivity index (χ3n) is 3.20. The highest BCUT2D eigenvalue weighted by molar-refractivity contribution is 7.98. The van der Waals surface area contributed by atoms with Gasteiger partial charge in [0.15, 0.2) is 0 Å². The molecule has 3 heteroatoms. The molecule has 0 radical (unpaired) electrons. The first-order chi connectivity index (χ1) is 9.58. The Kier molecular flexibility index (Phi) is 5.53. The van der Waals surface area contributed by atoms with Gasteiger partial charge < -0.3 is 5.73 Å². The maximum atomic E-state index is 6.30. The first kappa shape index (κ1) is 15.4. The van der Waals surface area contributed by atoms with Gasteiger partial charge in [-0.2, -0.15) is 0 Å². The molecular formula is C17H20ClNS. The molecule has 0 heterocycles. The number of benzene rings is 2. The Bertz CT molecular complexity index is 568. The van der Waals surface area contributed by atoms with E-state index in [0.717, 1.165) is 16.3 Å². The van der Waals surface area contributed by atoms with Crippen molar-refractivity contribution in [3.8, 4) is 0 Å². The largest absolute Gasteiger partial charge is 0.327 e. The van der Waals surface area contributed by atoms with Crippen LogP contribution in [-0.4, -0.2) is 6.04 Å². The molecule has 1 nitrogen and oxygen atoms in total. The Labute approximate surface area is 130 Å². The molecule has 2 atom stereocenters. The topological polar surface area (TPSA) is 26.0 Å². The fourth-order valence-corrected chi connectivity index (χ4v) is 3.78. The minimum absolute atomic E-state index is 0.0599.